The van der Waals surface area contributed by atoms with Crippen LogP contribution < -0.4 is 5.73 Å². The Kier molecular flexibility index (Phi) is 6.33. The number of rotatable bonds is 6. The molecule has 0 aromatic carbocycles. The van der Waals surface area contributed by atoms with Gasteiger partial charge in [0.25, 0.3) is 0 Å². The zero-order valence-electron chi connectivity index (χ0n) is 10.3. The first-order valence-electron chi connectivity index (χ1n) is 5.37. The average molecular weight is 202 g/mol. The van der Waals surface area contributed by atoms with Crippen molar-refractivity contribution in [2.45, 2.75) is 33.3 Å². The topological polar surface area (TPSA) is 38.5 Å². The first-order chi connectivity index (χ1) is 6.35. The van der Waals surface area contributed by atoms with Crippen LogP contribution in [0, 0.1) is 5.92 Å². The molecule has 0 aliphatic rings. The van der Waals surface area contributed by atoms with Crippen molar-refractivity contribution in [3.8, 4) is 0 Å². The van der Waals surface area contributed by atoms with Gasteiger partial charge in [0, 0.05) is 13.1 Å². The van der Waals surface area contributed by atoms with Gasteiger partial charge < -0.3 is 15.4 Å². The van der Waals surface area contributed by atoms with E-state index >= 15 is 0 Å². The molecule has 0 aliphatic heterocycles. The second-order valence-corrected chi connectivity index (χ2v) is 5.06. The maximum absolute atomic E-state index is 5.64. The van der Waals surface area contributed by atoms with Gasteiger partial charge in [0.2, 0.25) is 0 Å². The third kappa shape index (κ3) is 8.48. The monoisotopic (exact) mass is 202 g/mol. The molecule has 3 nitrogen and oxygen atoms in total. The van der Waals surface area contributed by atoms with E-state index in [1.807, 2.05) is 0 Å². The molecule has 14 heavy (non-hydrogen) atoms. The molecule has 86 valence electrons. The fourth-order valence-electron chi connectivity index (χ4n) is 1.21. The van der Waals surface area contributed by atoms with E-state index in [0.29, 0.717) is 5.92 Å². The summed E-state index contributed by atoms with van der Waals surface area (Å²) in [5, 5.41) is 0. The van der Waals surface area contributed by atoms with E-state index < -0.39 is 0 Å². The van der Waals surface area contributed by atoms with Gasteiger partial charge in [-0.05, 0) is 40.3 Å². The third-order valence-electron chi connectivity index (χ3n) is 2.03. The van der Waals surface area contributed by atoms with Crippen LogP contribution in [0.3, 0.4) is 0 Å². The standard InChI is InChI=1S/C11H26N2O/c1-10(8-12)9-13(5)6-7-14-11(2,3)4/h10H,6-9,12H2,1-5H3. The van der Waals surface area contributed by atoms with Crippen molar-refractivity contribution >= 4 is 0 Å². The highest BCUT2D eigenvalue weighted by molar-refractivity contribution is 4.62. The van der Waals surface area contributed by atoms with Crippen LogP contribution in [-0.4, -0.2) is 43.8 Å². The molecular weight excluding hydrogens is 176 g/mol. The van der Waals surface area contributed by atoms with Gasteiger partial charge in [0.05, 0.1) is 12.2 Å². The van der Waals surface area contributed by atoms with Crippen molar-refractivity contribution < 1.29 is 4.74 Å². The normalized spacial score (nSPS) is 14.8. The Morgan fingerprint density at radius 3 is 2.36 bits per heavy atom. The maximum atomic E-state index is 5.64. The van der Waals surface area contributed by atoms with Gasteiger partial charge in [-0.25, -0.2) is 0 Å². The maximum Gasteiger partial charge on any atom is 0.0600 e. The Balaban J connectivity index is 3.49. The Labute approximate surface area is 88.6 Å². The van der Waals surface area contributed by atoms with Gasteiger partial charge in [-0.15, -0.1) is 0 Å². The number of nitrogens with zero attached hydrogens (tertiary/aromatic N) is 1. The lowest BCUT2D eigenvalue weighted by Gasteiger charge is -2.24. The first-order valence-corrected chi connectivity index (χ1v) is 5.37. The van der Waals surface area contributed by atoms with Crippen molar-refractivity contribution in [1.82, 2.24) is 4.90 Å². The van der Waals surface area contributed by atoms with E-state index in [0.717, 1.165) is 26.2 Å². The summed E-state index contributed by atoms with van der Waals surface area (Å²) < 4.78 is 5.64. The summed E-state index contributed by atoms with van der Waals surface area (Å²) in [4.78, 5) is 2.27. The number of ether oxygens (including phenoxy) is 1. The molecule has 0 spiro atoms. The zero-order chi connectivity index (χ0) is 11.2. The molecule has 0 fully saturated rings. The molecule has 0 saturated heterocycles. The quantitative estimate of drug-likeness (QED) is 0.706. The number of hydrogen-bond acceptors (Lipinski definition) is 3. The van der Waals surface area contributed by atoms with E-state index in [2.05, 4.69) is 39.6 Å². The van der Waals surface area contributed by atoms with E-state index in [1.165, 1.54) is 0 Å². The largest absolute Gasteiger partial charge is 0.375 e. The summed E-state index contributed by atoms with van der Waals surface area (Å²) in [7, 11) is 2.11. The summed E-state index contributed by atoms with van der Waals surface area (Å²) in [6.07, 6.45) is 0. The van der Waals surface area contributed by atoms with Gasteiger partial charge in [-0.2, -0.15) is 0 Å². The Bertz CT molecular complexity index is 143. The molecule has 1 unspecified atom stereocenters. The molecule has 0 amide bonds. The third-order valence-corrected chi connectivity index (χ3v) is 2.03. The molecule has 0 aromatic heterocycles. The van der Waals surface area contributed by atoms with Crippen molar-refractivity contribution in [3.05, 3.63) is 0 Å². The summed E-state index contributed by atoms with van der Waals surface area (Å²) >= 11 is 0. The van der Waals surface area contributed by atoms with E-state index in [9.17, 15) is 0 Å². The smallest absolute Gasteiger partial charge is 0.0600 e. The molecular formula is C11H26N2O. The Hall–Kier alpha value is -0.120. The van der Waals surface area contributed by atoms with Crippen molar-refractivity contribution in [3.63, 3.8) is 0 Å². The van der Waals surface area contributed by atoms with Gasteiger partial charge in [-0.3, -0.25) is 0 Å². The number of likely N-dealkylation sites (N-methyl/N-ethyl adjacent to an activating group) is 1. The molecule has 0 radical (unpaired) electrons. The van der Waals surface area contributed by atoms with E-state index in [4.69, 9.17) is 10.5 Å². The van der Waals surface area contributed by atoms with Gasteiger partial charge in [0.1, 0.15) is 0 Å². The second kappa shape index (κ2) is 6.38. The molecule has 0 rings (SSSR count). The van der Waals surface area contributed by atoms with Gasteiger partial charge in [-0.1, -0.05) is 6.92 Å². The molecule has 1 atom stereocenters. The minimum atomic E-state index is -0.0275. The highest BCUT2D eigenvalue weighted by Crippen LogP contribution is 2.06. The number of nitrogens with two attached hydrogens (primary N) is 1. The van der Waals surface area contributed by atoms with Crippen molar-refractivity contribution in [2.75, 3.05) is 33.3 Å². The number of hydrogen-bond donors (Lipinski definition) is 1. The molecule has 0 heterocycles. The predicted octanol–water partition coefficient (Wildman–Crippen LogP) is 1.33. The SMILES string of the molecule is CC(CN)CN(C)CCOC(C)(C)C. The fourth-order valence-corrected chi connectivity index (χ4v) is 1.21. The van der Waals surface area contributed by atoms with Crippen LogP contribution in [-0.2, 0) is 4.74 Å². The van der Waals surface area contributed by atoms with Crippen molar-refractivity contribution in [1.29, 1.82) is 0 Å². The summed E-state index contributed by atoms with van der Waals surface area (Å²) in [5.74, 6) is 0.564. The minimum absolute atomic E-state index is 0.0275. The van der Waals surface area contributed by atoms with Crippen LogP contribution in [0.5, 0.6) is 0 Å². The zero-order valence-corrected chi connectivity index (χ0v) is 10.3. The Morgan fingerprint density at radius 1 is 1.36 bits per heavy atom. The van der Waals surface area contributed by atoms with Crippen LogP contribution in [0.15, 0.2) is 0 Å². The summed E-state index contributed by atoms with van der Waals surface area (Å²) in [6, 6.07) is 0. The van der Waals surface area contributed by atoms with Gasteiger partial charge in [0.15, 0.2) is 0 Å². The highest BCUT2D eigenvalue weighted by atomic mass is 16.5. The van der Waals surface area contributed by atoms with Crippen LogP contribution in [0.4, 0.5) is 0 Å². The Morgan fingerprint density at radius 2 is 1.93 bits per heavy atom. The average Bonchev–Trinajstić information content (AvgIpc) is 2.01. The molecule has 3 heteroatoms. The van der Waals surface area contributed by atoms with E-state index in [-0.39, 0.29) is 5.60 Å². The van der Waals surface area contributed by atoms with Crippen molar-refractivity contribution in [2.24, 2.45) is 11.7 Å². The second-order valence-electron chi connectivity index (χ2n) is 5.06. The molecule has 0 saturated carbocycles. The van der Waals surface area contributed by atoms with Crippen LogP contribution in [0.25, 0.3) is 0 Å². The highest BCUT2D eigenvalue weighted by Gasteiger charge is 2.10. The van der Waals surface area contributed by atoms with Gasteiger partial charge >= 0.3 is 0 Å². The summed E-state index contributed by atoms with van der Waals surface area (Å²) in [6.45, 7) is 12.0. The van der Waals surface area contributed by atoms with E-state index in [1.54, 1.807) is 0 Å². The lowest BCUT2D eigenvalue weighted by molar-refractivity contribution is -0.0115. The van der Waals surface area contributed by atoms with Crippen LogP contribution in [0.2, 0.25) is 0 Å². The molecule has 0 aliphatic carbocycles. The molecule has 2 N–H and O–H groups in total. The van der Waals surface area contributed by atoms with Crippen LogP contribution in [0.1, 0.15) is 27.7 Å². The molecule has 0 aromatic rings. The minimum Gasteiger partial charge on any atom is -0.375 e. The lowest BCUT2D eigenvalue weighted by atomic mass is 10.2. The lowest BCUT2D eigenvalue weighted by Crippen LogP contribution is -2.32. The first kappa shape index (κ1) is 13.9. The summed E-state index contributed by atoms with van der Waals surface area (Å²) in [5.41, 5.74) is 5.53. The fraction of sp³-hybridized carbons (Fsp3) is 1.00. The molecule has 0 bridgehead atoms. The predicted molar refractivity (Wildman–Crippen MR) is 61.4 cm³/mol. The van der Waals surface area contributed by atoms with Crippen LogP contribution >= 0.6 is 0 Å².